The average molecular weight is 518 g/mol. The van der Waals surface area contributed by atoms with Crippen LogP contribution in [0.15, 0.2) is 42.5 Å². The highest BCUT2D eigenvalue weighted by Crippen LogP contribution is 2.23. The molecular weight excluding hydrogens is 481 g/mol. The first-order valence-electron chi connectivity index (χ1n) is 12.2. The minimum atomic E-state index is -0.535. The van der Waals surface area contributed by atoms with Crippen molar-refractivity contribution in [2.45, 2.75) is 58.6 Å². The molecule has 0 aliphatic carbocycles. The van der Waals surface area contributed by atoms with Gasteiger partial charge in [-0.1, -0.05) is 12.1 Å². The summed E-state index contributed by atoms with van der Waals surface area (Å²) in [6.45, 7) is 7.81. The van der Waals surface area contributed by atoms with E-state index in [0.29, 0.717) is 13.1 Å². The summed E-state index contributed by atoms with van der Waals surface area (Å²) in [7, 11) is 0. The minimum absolute atomic E-state index is 0.157. The highest BCUT2D eigenvalue weighted by Gasteiger charge is 2.16. The summed E-state index contributed by atoms with van der Waals surface area (Å²) in [5.74, 6) is -1.18. The van der Waals surface area contributed by atoms with Crippen molar-refractivity contribution in [1.29, 1.82) is 0 Å². The van der Waals surface area contributed by atoms with Gasteiger partial charge >= 0.3 is 6.09 Å². The van der Waals surface area contributed by atoms with Crippen molar-refractivity contribution in [3.05, 3.63) is 59.4 Å². The predicted molar refractivity (Wildman–Crippen MR) is 137 cm³/mol. The van der Waals surface area contributed by atoms with Crippen LogP contribution in [0.25, 0.3) is 0 Å². The standard InChI is InChI=1S/C27H36FN3O6/c1-18(19-8-10-21(28)11-9-19)31-25(34)20-14-22(32)16-23(15-20)36-17-24(33)29-12-6-5-7-13-30-26(35)37-27(2,3)4/h8-11,14-16,18,32H,5-7,12-13,17H2,1-4H3,(H,29,33)(H,30,35)(H,31,34)/t18-/m1/s1. The Labute approximate surface area is 216 Å². The van der Waals surface area contributed by atoms with Crippen molar-refractivity contribution in [1.82, 2.24) is 16.0 Å². The third-order valence-electron chi connectivity index (χ3n) is 5.08. The number of amides is 3. The molecule has 2 rings (SSSR count). The van der Waals surface area contributed by atoms with Crippen molar-refractivity contribution in [3.8, 4) is 11.5 Å². The number of aromatic hydroxyl groups is 1. The number of carbonyl (C=O) groups is 3. The fraction of sp³-hybridized carbons (Fsp3) is 0.444. The Morgan fingerprint density at radius 3 is 2.27 bits per heavy atom. The lowest BCUT2D eigenvalue weighted by molar-refractivity contribution is -0.123. The van der Waals surface area contributed by atoms with E-state index in [9.17, 15) is 23.9 Å². The molecule has 9 nitrogen and oxygen atoms in total. The molecule has 0 aliphatic heterocycles. The quantitative estimate of drug-likeness (QED) is 0.313. The number of unbranched alkanes of at least 4 members (excludes halogenated alkanes) is 2. The molecule has 202 valence electrons. The van der Waals surface area contributed by atoms with Crippen LogP contribution in [0.1, 0.15) is 68.9 Å². The zero-order valence-corrected chi connectivity index (χ0v) is 21.7. The summed E-state index contributed by atoms with van der Waals surface area (Å²) in [6, 6.07) is 9.42. The highest BCUT2D eigenvalue weighted by molar-refractivity contribution is 5.95. The summed E-state index contributed by atoms with van der Waals surface area (Å²) in [5, 5.41) is 18.2. The number of rotatable bonds is 12. The maximum atomic E-state index is 13.1. The SMILES string of the molecule is C[C@@H](NC(=O)c1cc(O)cc(OCC(=O)NCCCCCNC(=O)OC(C)(C)C)c1)c1ccc(F)cc1. The molecule has 0 bridgehead atoms. The van der Waals surface area contributed by atoms with Gasteiger partial charge in [0.2, 0.25) is 0 Å². The predicted octanol–water partition coefficient (Wildman–Crippen LogP) is 4.21. The lowest BCUT2D eigenvalue weighted by atomic mass is 10.1. The van der Waals surface area contributed by atoms with E-state index in [1.54, 1.807) is 39.8 Å². The molecule has 0 saturated carbocycles. The van der Waals surface area contributed by atoms with E-state index in [0.717, 1.165) is 24.8 Å². The molecule has 0 aliphatic rings. The third-order valence-corrected chi connectivity index (χ3v) is 5.08. The molecule has 0 spiro atoms. The van der Waals surface area contributed by atoms with Gasteiger partial charge in [-0.3, -0.25) is 9.59 Å². The molecule has 0 saturated heterocycles. The minimum Gasteiger partial charge on any atom is -0.508 e. The lowest BCUT2D eigenvalue weighted by Gasteiger charge is -2.19. The van der Waals surface area contributed by atoms with Crippen LogP contribution in [0.4, 0.5) is 9.18 Å². The smallest absolute Gasteiger partial charge is 0.407 e. The maximum Gasteiger partial charge on any atom is 0.407 e. The fourth-order valence-electron chi connectivity index (χ4n) is 3.27. The summed E-state index contributed by atoms with van der Waals surface area (Å²) >= 11 is 0. The van der Waals surface area contributed by atoms with Crippen LogP contribution in [0.2, 0.25) is 0 Å². The first-order chi connectivity index (χ1) is 17.4. The number of phenolic OH excluding ortho intramolecular Hbond substituents is 1. The van der Waals surface area contributed by atoms with Gasteiger partial charge in [0, 0.05) is 24.7 Å². The van der Waals surface area contributed by atoms with Crippen LogP contribution in [0, 0.1) is 5.82 Å². The number of ether oxygens (including phenoxy) is 2. The number of halogens is 1. The average Bonchev–Trinajstić information content (AvgIpc) is 2.81. The summed E-state index contributed by atoms with van der Waals surface area (Å²) in [5.41, 5.74) is 0.346. The normalized spacial score (nSPS) is 11.8. The number of nitrogens with one attached hydrogen (secondary N) is 3. The highest BCUT2D eigenvalue weighted by atomic mass is 19.1. The van der Waals surface area contributed by atoms with E-state index in [1.165, 1.54) is 30.3 Å². The molecule has 1 atom stereocenters. The number of hydrogen-bond donors (Lipinski definition) is 4. The van der Waals surface area contributed by atoms with Gasteiger partial charge in [0.1, 0.15) is 22.9 Å². The molecule has 37 heavy (non-hydrogen) atoms. The Morgan fingerprint density at radius 1 is 0.973 bits per heavy atom. The van der Waals surface area contributed by atoms with Crippen LogP contribution in [0.5, 0.6) is 11.5 Å². The van der Waals surface area contributed by atoms with Gasteiger partial charge in [-0.25, -0.2) is 9.18 Å². The topological polar surface area (TPSA) is 126 Å². The Kier molecular flexibility index (Phi) is 11.2. The molecule has 10 heteroatoms. The van der Waals surface area contributed by atoms with Gasteiger partial charge in [0.25, 0.3) is 11.8 Å². The van der Waals surface area contributed by atoms with Crippen LogP contribution in [0.3, 0.4) is 0 Å². The van der Waals surface area contributed by atoms with Crippen LogP contribution < -0.4 is 20.7 Å². The lowest BCUT2D eigenvalue weighted by Crippen LogP contribution is -2.33. The molecule has 0 fully saturated rings. The number of carbonyl (C=O) groups excluding carboxylic acids is 3. The van der Waals surface area contributed by atoms with E-state index in [-0.39, 0.29) is 35.4 Å². The number of alkyl carbamates (subject to hydrolysis) is 1. The van der Waals surface area contributed by atoms with Crippen molar-refractivity contribution in [3.63, 3.8) is 0 Å². The van der Waals surface area contributed by atoms with E-state index in [1.807, 2.05) is 0 Å². The molecular formula is C27H36FN3O6. The Hall–Kier alpha value is -3.82. The van der Waals surface area contributed by atoms with E-state index in [4.69, 9.17) is 9.47 Å². The van der Waals surface area contributed by atoms with Gasteiger partial charge < -0.3 is 30.5 Å². The van der Waals surface area contributed by atoms with Crippen molar-refractivity contribution < 1.29 is 33.4 Å². The molecule has 4 N–H and O–H groups in total. The second-order valence-corrected chi connectivity index (χ2v) is 9.59. The van der Waals surface area contributed by atoms with Crippen LogP contribution in [-0.2, 0) is 9.53 Å². The Balaban J connectivity index is 1.70. The van der Waals surface area contributed by atoms with E-state index >= 15 is 0 Å². The Morgan fingerprint density at radius 2 is 1.62 bits per heavy atom. The van der Waals surface area contributed by atoms with Gasteiger partial charge in [-0.05, 0) is 76.8 Å². The van der Waals surface area contributed by atoms with Gasteiger partial charge in [-0.15, -0.1) is 0 Å². The molecule has 2 aromatic rings. The second-order valence-electron chi connectivity index (χ2n) is 9.59. The third kappa shape index (κ3) is 11.6. The van der Waals surface area contributed by atoms with Crippen LogP contribution >= 0.6 is 0 Å². The van der Waals surface area contributed by atoms with Gasteiger partial charge in [0.05, 0.1) is 6.04 Å². The summed E-state index contributed by atoms with van der Waals surface area (Å²) < 4.78 is 23.7. The number of hydrogen-bond acceptors (Lipinski definition) is 6. The zero-order chi connectivity index (χ0) is 27.4. The Bertz CT molecular complexity index is 1050. The van der Waals surface area contributed by atoms with E-state index in [2.05, 4.69) is 16.0 Å². The molecule has 0 unspecified atom stereocenters. The number of benzene rings is 2. The summed E-state index contributed by atoms with van der Waals surface area (Å²) in [4.78, 5) is 36.3. The molecule has 2 aromatic carbocycles. The first kappa shape index (κ1) is 29.4. The first-order valence-corrected chi connectivity index (χ1v) is 12.2. The number of phenols is 1. The molecule has 0 radical (unpaired) electrons. The van der Waals surface area contributed by atoms with Crippen molar-refractivity contribution in [2.24, 2.45) is 0 Å². The second kappa shape index (κ2) is 14.1. The monoisotopic (exact) mass is 517 g/mol. The molecule has 3 amide bonds. The molecule has 0 aromatic heterocycles. The fourth-order valence-corrected chi connectivity index (χ4v) is 3.27. The maximum absolute atomic E-state index is 13.1. The summed E-state index contributed by atoms with van der Waals surface area (Å²) in [6.07, 6.45) is 1.83. The molecule has 0 heterocycles. The van der Waals surface area contributed by atoms with Crippen molar-refractivity contribution >= 4 is 17.9 Å². The zero-order valence-electron chi connectivity index (χ0n) is 21.7. The largest absolute Gasteiger partial charge is 0.508 e. The van der Waals surface area contributed by atoms with Gasteiger partial charge in [-0.2, -0.15) is 0 Å². The van der Waals surface area contributed by atoms with Gasteiger partial charge in [0.15, 0.2) is 6.61 Å². The van der Waals surface area contributed by atoms with Crippen LogP contribution in [-0.4, -0.2) is 48.3 Å². The van der Waals surface area contributed by atoms with E-state index < -0.39 is 23.6 Å². The van der Waals surface area contributed by atoms with Crippen molar-refractivity contribution in [2.75, 3.05) is 19.7 Å².